The van der Waals surface area contributed by atoms with E-state index in [1.165, 1.54) is 12.1 Å². The van der Waals surface area contributed by atoms with Crippen LogP contribution >= 0.6 is 11.8 Å². The Labute approximate surface area is 199 Å². The van der Waals surface area contributed by atoms with E-state index in [9.17, 15) is 18.0 Å². The molecule has 0 aliphatic heterocycles. The molecule has 0 heterocycles. The molecule has 0 aromatic heterocycles. The number of nitrogens with one attached hydrogen (secondary N) is 3. The van der Waals surface area contributed by atoms with E-state index in [1.54, 1.807) is 45.0 Å². The minimum Gasteiger partial charge on any atom is -0.444 e. The number of rotatable bonds is 6. The van der Waals surface area contributed by atoms with Crippen molar-refractivity contribution in [2.75, 3.05) is 0 Å². The lowest BCUT2D eigenvalue weighted by Gasteiger charge is -2.24. The van der Waals surface area contributed by atoms with Gasteiger partial charge in [0.2, 0.25) is 0 Å². The summed E-state index contributed by atoms with van der Waals surface area (Å²) in [6, 6.07) is 12.6. The van der Waals surface area contributed by atoms with Gasteiger partial charge in [-0.1, -0.05) is 36.0 Å². The van der Waals surface area contributed by atoms with Gasteiger partial charge in [0.15, 0.2) is 0 Å². The van der Waals surface area contributed by atoms with Crippen LogP contribution in [0.25, 0.3) is 0 Å². The van der Waals surface area contributed by atoms with Gasteiger partial charge in [-0.25, -0.2) is 4.79 Å². The molecule has 3 N–H and O–H groups in total. The van der Waals surface area contributed by atoms with Crippen LogP contribution in [-0.2, 0) is 11.2 Å². The van der Waals surface area contributed by atoms with Gasteiger partial charge in [-0.3, -0.25) is 10.8 Å². The van der Waals surface area contributed by atoms with Crippen molar-refractivity contribution in [3.63, 3.8) is 0 Å². The first kappa shape index (κ1) is 26.7. The summed E-state index contributed by atoms with van der Waals surface area (Å²) in [6.45, 7) is 5.07. The quantitative estimate of drug-likeness (QED) is 0.357. The molecule has 180 valence electrons. The van der Waals surface area contributed by atoms with Crippen molar-refractivity contribution < 1.29 is 27.4 Å². The third-order valence-corrected chi connectivity index (χ3v) is 5.02. The van der Waals surface area contributed by atoms with E-state index >= 15 is 0 Å². The molecule has 0 aliphatic rings. The molecule has 1 atom stereocenters. The first-order chi connectivity index (χ1) is 15.8. The van der Waals surface area contributed by atoms with Gasteiger partial charge in [0.25, 0.3) is 0 Å². The standard InChI is InChI=1S/C23H23F3N4O3S/c1-22(2,3)33-21(31)30-18(11-14-7-9-15(13-27)10-8-14)20(29)34-19(28)16-5-4-6-17(12-16)32-23(24,25)26/h4-10,12,18,28-29H,11H2,1-3H3,(H,30,31). The van der Waals surface area contributed by atoms with Gasteiger partial charge in [-0.2, -0.15) is 5.26 Å². The van der Waals surface area contributed by atoms with Crippen molar-refractivity contribution in [3.8, 4) is 11.8 Å². The maximum absolute atomic E-state index is 12.5. The van der Waals surface area contributed by atoms with Gasteiger partial charge in [0.05, 0.1) is 22.7 Å². The molecule has 0 saturated carbocycles. The SMILES string of the molecule is CC(C)(C)OC(=O)NC(Cc1ccc(C#N)cc1)C(=N)SC(=N)c1cccc(OC(F)(F)F)c1. The highest BCUT2D eigenvalue weighted by Gasteiger charge is 2.31. The highest BCUT2D eigenvalue weighted by molar-refractivity contribution is 8.26. The van der Waals surface area contributed by atoms with E-state index in [0.29, 0.717) is 17.3 Å². The number of nitrogens with zero attached hydrogens (tertiary/aromatic N) is 1. The lowest BCUT2D eigenvalue weighted by atomic mass is 10.1. The lowest BCUT2D eigenvalue weighted by molar-refractivity contribution is -0.274. The summed E-state index contributed by atoms with van der Waals surface area (Å²) in [5.41, 5.74) is 0.514. The van der Waals surface area contributed by atoms with Crippen molar-refractivity contribution in [2.24, 2.45) is 0 Å². The molecule has 0 bridgehead atoms. The fraction of sp³-hybridized carbons (Fsp3) is 0.304. The minimum absolute atomic E-state index is 0.117. The predicted octanol–water partition coefficient (Wildman–Crippen LogP) is 5.63. The van der Waals surface area contributed by atoms with E-state index in [-0.39, 0.29) is 22.1 Å². The third kappa shape index (κ3) is 9.15. The van der Waals surface area contributed by atoms with Gasteiger partial charge < -0.3 is 14.8 Å². The molecular weight excluding hydrogens is 469 g/mol. The van der Waals surface area contributed by atoms with Crippen LogP contribution in [0.2, 0.25) is 0 Å². The Morgan fingerprint density at radius 2 is 1.79 bits per heavy atom. The van der Waals surface area contributed by atoms with Gasteiger partial charge in [0.1, 0.15) is 16.4 Å². The van der Waals surface area contributed by atoms with Crippen molar-refractivity contribution >= 4 is 27.9 Å². The number of carbonyl (C=O) groups is 1. The largest absolute Gasteiger partial charge is 0.573 e. The summed E-state index contributed by atoms with van der Waals surface area (Å²) in [4.78, 5) is 12.3. The second-order valence-electron chi connectivity index (χ2n) is 8.08. The molecule has 0 saturated heterocycles. The maximum Gasteiger partial charge on any atom is 0.573 e. The molecule has 0 spiro atoms. The number of amides is 1. The Bertz CT molecular complexity index is 1090. The smallest absolute Gasteiger partial charge is 0.444 e. The normalized spacial score (nSPS) is 12.3. The van der Waals surface area contributed by atoms with Crippen molar-refractivity contribution in [3.05, 3.63) is 65.2 Å². The Morgan fingerprint density at radius 1 is 1.15 bits per heavy atom. The van der Waals surface area contributed by atoms with E-state index in [1.807, 2.05) is 6.07 Å². The fourth-order valence-corrected chi connectivity index (χ4v) is 3.43. The third-order valence-electron chi connectivity index (χ3n) is 4.07. The Kier molecular flexibility index (Phi) is 8.70. The van der Waals surface area contributed by atoms with Crippen LogP contribution in [0.1, 0.15) is 37.5 Å². The number of thioether (sulfide) groups is 1. The van der Waals surface area contributed by atoms with E-state index in [0.717, 1.165) is 17.7 Å². The zero-order chi connectivity index (χ0) is 25.5. The minimum atomic E-state index is -4.87. The van der Waals surface area contributed by atoms with Gasteiger partial charge in [0, 0.05) is 5.56 Å². The molecule has 0 fully saturated rings. The molecule has 2 aromatic carbocycles. The topological polar surface area (TPSA) is 119 Å². The van der Waals surface area contributed by atoms with Crippen molar-refractivity contribution in [1.29, 1.82) is 16.1 Å². The number of hydrogen-bond acceptors (Lipinski definition) is 7. The van der Waals surface area contributed by atoms with E-state index in [4.69, 9.17) is 20.8 Å². The molecule has 1 unspecified atom stereocenters. The summed E-state index contributed by atoms with van der Waals surface area (Å²) in [6.07, 6.45) is -5.46. The lowest BCUT2D eigenvalue weighted by Crippen LogP contribution is -2.44. The van der Waals surface area contributed by atoms with Crippen molar-refractivity contribution in [1.82, 2.24) is 5.32 Å². The zero-order valence-corrected chi connectivity index (χ0v) is 19.4. The second-order valence-corrected chi connectivity index (χ2v) is 9.13. The van der Waals surface area contributed by atoms with Crippen LogP contribution in [0.3, 0.4) is 0 Å². The Hall–Kier alpha value is -3.52. The van der Waals surface area contributed by atoms with Crippen LogP contribution in [0.5, 0.6) is 5.75 Å². The second kappa shape index (κ2) is 11.1. The number of halogens is 3. The molecule has 1 amide bonds. The number of carbonyl (C=O) groups excluding carboxylic acids is 1. The number of nitriles is 1. The highest BCUT2D eigenvalue weighted by atomic mass is 32.2. The first-order valence-corrected chi connectivity index (χ1v) is 10.8. The van der Waals surface area contributed by atoms with Crippen molar-refractivity contribution in [2.45, 2.75) is 45.2 Å². The first-order valence-electron chi connectivity index (χ1n) is 9.95. The average Bonchev–Trinajstić information content (AvgIpc) is 2.71. The number of hydrogen-bond donors (Lipinski definition) is 3. The van der Waals surface area contributed by atoms with Crippen LogP contribution in [0, 0.1) is 22.1 Å². The number of ether oxygens (including phenoxy) is 2. The molecule has 2 aromatic rings. The number of alkyl carbamates (subject to hydrolysis) is 1. The predicted molar refractivity (Wildman–Crippen MR) is 123 cm³/mol. The summed E-state index contributed by atoms with van der Waals surface area (Å²) in [5.74, 6) is -0.483. The Balaban J connectivity index is 2.19. The van der Waals surface area contributed by atoms with Gasteiger partial charge >= 0.3 is 12.5 Å². The summed E-state index contributed by atoms with van der Waals surface area (Å²) in [7, 11) is 0. The molecular formula is C23H23F3N4O3S. The molecule has 7 nitrogen and oxygen atoms in total. The molecule has 2 rings (SSSR count). The molecule has 34 heavy (non-hydrogen) atoms. The maximum atomic E-state index is 12.5. The van der Waals surface area contributed by atoms with Gasteiger partial charge in [-0.15, -0.1) is 13.2 Å². The summed E-state index contributed by atoms with van der Waals surface area (Å²) < 4.78 is 46.7. The average molecular weight is 493 g/mol. The molecule has 11 heteroatoms. The van der Waals surface area contributed by atoms with E-state index in [2.05, 4.69) is 10.1 Å². The van der Waals surface area contributed by atoms with Crippen LogP contribution < -0.4 is 10.1 Å². The summed E-state index contributed by atoms with van der Waals surface area (Å²) in [5, 5.41) is 28.0. The molecule has 0 radical (unpaired) electrons. The summed E-state index contributed by atoms with van der Waals surface area (Å²) >= 11 is 0.682. The van der Waals surface area contributed by atoms with Crippen LogP contribution in [-0.4, -0.2) is 34.2 Å². The van der Waals surface area contributed by atoms with Crippen LogP contribution in [0.15, 0.2) is 48.5 Å². The molecule has 0 aliphatic carbocycles. The Morgan fingerprint density at radius 3 is 2.35 bits per heavy atom. The number of alkyl halides is 3. The number of benzene rings is 2. The monoisotopic (exact) mass is 492 g/mol. The van der Waals surface area contributed by atoms with Crippen LogP contribution in [0.4, 0.5) is 18.0 Å². The van der Waals surface area contributed by atoms with E-state index < -0.39 is 29.8 Å². The fourth-order valence-electron chi connectivity index (χ4n) is 2.68. The highest BCUT2D eigenvalue weighted by Crippen LogP contribution is 2.26. The zero-order valence-electron chi connectivity index (χ0n) is 18.6. The van der Waals surface area contributed by atoms with Gasteiger partial charge in [-0.05, 0) is 57.0 Å².